The third kappa shape index (κ3) is 3.26. The summed E-state index contributed by atoms with van der Waals surface area (Å²) >= 11 is 1.41. The van der Waals surface area contributed by atoms with Gasteiger partial charge in [0.15, 0.2) is 6.04 Å². The van der Waals surface area contributed by atoms with Crippen molar-refractivity contribution >= 4 is 38.4 Å². The van der Waals surface area contributed by atoms with Crippen molar-refractivity contribution in [3.8, 4) is 0 Å². The van der Waals surface area contributed by atoms with Gasteiger partial charge in [-0.3, -0.25) is 4.79 Å². The average Bonchev–Trinajstić information content (AvgIpc) is 2.77. The summed E-state index contributed by atoms with van der Waals surface area (Å²) < 4.78 is 15.3. The molecule has 2 atom stereocenters. The highest BCUT2D eigenvalue weighted by Crippen LogP contribution is 2.30. The van der Waals surface area contributed by atoms with E-state index in [0.717, 1.165) is 10.1 Å². The minimum atomic E-state index is -1.43. The Balaban J connectivity index is 2.33. The second kappa shape index (κ2) is 5.63. The molecule has 0 bridgehead atoms. The van der Waals surface area contributed by atoms with Crippen molar-refractivity contribution in [1.82, 2.24) is 4.72 Å². The predicted molar refractivity (Wildman–Crippen MR) is 83.2 cm³/mol. The molecule has 2 N–H and O–H groups in total. The molecule has 4 nitrogen and oxygen atoms in total. The number of carboxylic acids is 1. The molecule has 20 heavy (non-hydrogen) atoms. The maximum atomic E-state index is 12.1. The lowest BCUT2D eigenvalue weighted by atomic mass is 10.2. The van der Waals surface area contributed by atoms with Gasteiger partial charge in [-0.15, -0.1) is 11.3 Å². The van der Waals surface area contributed by atoms with Gasteiger partial charge in [0.25, 0.3) is 0 Å². The number of aliphatic carboxylic acids is 1. The van der Waals surface area contributed by atoms with Gasteiger partial charge in [0.2, 0.25) is 0 Å². The molecule has 0 saturated carbocycles. The molecule has 0 amide bonds. The van der Waals surface area contributed by atoms with Crippen LogP contribution >= 0.6 is 11.3 Å². The van der Waals surface area contributed by atoms with Crippen LogP contribution in [0.2, 0.25) is 0 Å². The van der Waals surface area contributed by atoms with E-state index in [-0.39, 0.29) is 0 Å². The first-order valence-electron chi connectivity index (χ1n) is 6.18. The molecule has 1 aromatic carbocycles. The number of rotatable bonds is 4. The zero-order valence-electron chi connectivity index (χ0n) is 11.5. The fourth-order valence-electron chi connectivity index (χ4n) is 1.66. The molecule has 0 saturated heterocycles. The van der Waals surface area contributed by atoms with Crippen molar-refractivity contribution < 1.29 is 14.1 Å². The number of hydrogen-bond acceptors (Lipinski definition) is 3. The number of carbonyl (C=O) groups is 1. The normalized spacial score (nSPS) is 15.2. The Morgan fingerprint density at radius 1 is 1.35 bits per heavy atom. The Kier molecular flexibility index (Phi) is 4.27. The molecule has 0 aliphatic rings. The van der Waals surface area contributed by atoms with E-state index in [4.69, 9.17) is 0 Å². The van der Waals surface area contributed by atoms with Crippen LogP contribution in [0.4, 0.5) is 0 Å². The number of carboxylic acid groups (broad SMARTS) is 1. The second-order valence-corrected chi connectivity index (χ2v) is 8.57. The van der Waals surface area contributed by atoms with Crippen molar-refractivity contribution in [3.63, 3.8) is 0 Å². The second-order valence-electron chi connectivity index (χ2n) is 5.46. The van der Waals surface area contributed by atoms with Gasteiger partial charge in [0.1, 0.15) is 0 Å². The van der Waals surface area contributed by atoms with Gasteiger partial charge >= 0.3 is 5.97 Å². The molecule has 0 fully saturated rings. The average molecular weight is 311 g/mol. The molecule has 6 heteroatoms. The van der Waals surface area contributed by atoms with E-state index in [9.17, 15) is 14.1 Å². The Labute approximate surface area is 124 Å². The Morgan fingerprint density at radius 2 is 2.00 bits per heavy atom. The van der Waals surface area contributed by atoms with Crippen molar-refractivity contribution in [3.05, 3.63) is 35.2 Å². The molecule has 1 heterocycles. The Morgan fingerprint density at radius 3 is 2.55 bits per heavy atom. The summed E-state index contributed by atoms with van der Waals surface area (Å²) in [6.07, 6.45) is 0. The molecular weight excluding hydrogens is 294 g/mol. The van der Waals surface area contributed by atoms with Gasteiger partial charge in [-0.05, 0) is 38.3 Å². The van der Waals surface area contributed by atoms with E-state index in [0.29, 0.717) is 4.88 Å². The van der Waals surface area contributed by atoms with Crippen LogP contribution in [0.5, 0.6) is 0 Å². The van der Waals surface area contributed by atoms with E-state index >= 15 is 0 Å². The van der Waals surface area contributed by atoms with Crippen LogP contribution in [0.3, 0.4) is 0 Å². The van der Waals surface area contributed by atoms with E-state index in [1.807, 2.05) is 30.3 Å². The molecule has 0 spiro atoms. The fourth-order valence-corrected chi connectivity index (χ4v) is 3.64. The first kappa shape index (κ1) is 15.2. The highest BCUT2D eigenvalue weighted by molar-refractivity contribution is 7.84. The number of benzene rings is 1. The van der Waals surface area contributed by atoms with Gasteiger partial charge in [0, 0.05) is 9.58 Å². The van der Waals surface area contributed by atoms with E-state index in [2.05, 4.69) is 4.72 Å². The van der Waals surface area contributed by atoms with Crippen molar-refractivity contribution in [2.45, 2.75) is 31.6 Å². The third-order valence-electron chi connectivity index (χ3n) is 2.76. The molecular formula is C14H17NO3S2. The van der Waals surface area contributed by atoms with Gasteiger partial charge < -0.3 is 5.11 Å². The van der Waals surface area contributed by atoms with Crippen molar-refractivity contribution in [2.75, 3.05) is 0 Å². The van der Waals surface area contributed by atoms with Gasteiger partial charge in [-0.1, -0.05) is 18.2 Å². The topological polar surface area (TPSA) is 66.4 Å². The van der Waals surface area contributed by atoms with Crippen LogP contribution < -0.4 is 4.72 Å². The summed E-state index contributed by atoms with van der Waals surface area (Å²) in [5, 5.41) is 10.4. The number of thiophene rings is 1. The maximum Gasteiger partial charge on any atom is 0.327 e. The molecule has 1 aromatic heterocycles. The standard InChI is InChI=1S/C14H17NO3S2/c1-14(2,3)20(18)15-12(13(16)17)11-8-9-6-4-5-7-10(9)19-11/h4-8,12,15H,1-3H3,(H,16,17). The van der Waals surface area contributed by atoms with Crippen LogP contribution in [0, 0.1) is 0 Å². The summed E-state index contributed by atoms with van der Waals surface area (Å²) in [5.41, 5.74) is 0. The van der Waals surface area contributed by atoms with Gasteiger partial charge in [-0.25, -0.2) is 8.93 Å². The SMILES string of the molecule is CC(C)(C)S(=O)NC(C(=O)O)c1cc2ccccc2s1. The molecule has 0 aliphatic carbocycles. The lowest BCUT2D eigenvalue weighted by Crippen LogP contribution is -2.38. The van der Waals surface area contributed by atoms with Crippen molar-refractivity contribution in [2.24, 2.45) is 0 Å². The fraction of sp³-hybridized carbons (Fsp3) is 0.357. The van der Waals surface area contributed by atoms with Crippen LogP contribution in [0.25, 0.3) is 10.1 Å². The Hall–Kier alpha value is -1.24. The summed E-state index contributed by atoms with van der Waals surface area (Å²) in [4.78, 5) is 12.1. The highest BCUT2D eigenvalue weighted by atomic mass is 32.2. The third-order valence-corrected chi connectivity index (χ3v) is 5.50. The van der Waals surface area contributed by atoms with Crippen LogP contribution in [-0.2, 0) is 15.8 Å². The highest BCUT2D eigenvalue weighted by Gasteiger charge is 2.28. The van der Waals surface area contributed by atoms with E-state index in [1.54, 1.807) is 20.8 Å². The molecule has 0 aliphatic heterocycles. The predicted octanol–water partition coefficient (Wildman–Crippen LogP) is 3.08. The maximum absolute atomic E-state index is 12.1. The zero-order chi connectivity index (χ0) is 14.9. The summed E-state index contributed by atoms with van der Waals surface area (Å²) in [7, 11) is -1.43. The minimum Gasteiger partial charge on any atom is -0.480 e. The van der Waals surface area contributed by atoms with Crippen LogP contribution in [0.1, 0.15) is 31.7 Å². The van der Waals surface area contributed by atoms with Crippen LogP contribution in [0.15, 0.2) is 30.3 Å². The largest absolute Gasteiger partial charge is 0.480 e. The lowest BCUT2D eigenvalue weighted by molar-refractivity contribution is -0.139. The first-order chi connectivity index (χ1) is 9.29. The van der Waals surface area contributed by atoms with Crippen molar-refractivity contribution in [1.29, 1.82) is 0 Å². The number of fused-ring (bicyclic) bond motifs is 1. The van der Waals surface area contributed by atoms with E-state index in [1.165, 1.54) is 11.3 Å². The van der Waals surface area contributed by atoms with E-state index < -0.39 is 27.7 Å². The zero-order valence-corrected chi connectivity index (χ0v) is 13.2. The summed E-state index contributed by atoms with van der Waals surface area (Å²) in [6.45, 7) is 5.42. The molecule has 2 rings (SSSR count). The quantitative estimate of drug-likeness (QED) is 0.912. The minimum absolute atomic E-state index is 0.510. The monoisotopic (exact) mass is 311 g/mol. The lowest BCUT2D eigenvalue weighted by Gasteiger charge is -2.21. The van der Waals surface area contributed by atoms with Crippen LogP contribution in [-0.4, -0.2) is 20.0 Å². The molecule has 2 unspecified atom stereocenters. The Bertz CT molecular complexity index is 625. The van der Waals surface area contributed by atoms with Gasteiger partial charge in [0.05, 0.1) is 15.7 Å². The molecule has 108 valence electrons. The number of nitrogens with one attached hydrogen (secondary N) is 1. The summed E-state index contributed by atoms with van der Waals surface area (Å²) in [5.74, 6) is -1.02. The molecule has 0 radical (unpaired) electrons. The smallest absolute Gasteiger partial charge is 0.327 e. The van der Waals surface area contributed by atoms with Gasteiger partial charge in [-0.2, -0.15) is 0 Å². The number of hydrogen-bond donors (Lipinski definition) is 2. The first-order valence-corrected chi connectivity index (χ1v) is 8.15. The molecule has 2 aromatic rings. The summed E-state index contributed by atoms with van der Waals surface area (Å²) in [6, 6.07) is 8.60.